The second-order valence-corrected chi connectivity index (χ2v) is 9.80. The zero-order valence-electron chi connectivity index (χ0n) is 19.7. The van der Waals surface area contributed by atoms with E-state index >= 15 is 0 Å². The maximum absolute atomic E-state index is 13.3. The van der Waals surface area contributed by atoms with Crippen molar-refractivity contribution in [3.63, 3.8) is 0 Å². The van der Waals surface area contributed by atoms with Gasteiger partial charge in [-0.3, -0.25) is 14.4 Å². The van der Waals surface area contributed by atoms with Crippen LogP contribution in [0.1, 0.15) is 75.8 Å². The first-order chi connectivity index (χ1) is 16.9. The van der Waals surface area contributed by atoms with Gasteiger partial charge in [-0.1, -0.05) is 24.3 Å². The van der Waals surface area contributed by atoms with Crippen LogP contribution < -0.4 is 5.73 Å². The number of aliphatic hydroxyl groups excluding tert-OH is 1. The first kappa shape index (κ1) is 24.5. The van der Waals surface area contributed by atoms with Gasteiger partial charge in [-0.2, -0.15) is 0 Å². The van der Waals surface area contributed by atoms with E-state index in [0.29, 0.717) is 0 Å². The molecule has 6 atom stereocenters. The van der Waals surface area contributed by atoms with Crippen LogP contribution in [0.15, 0.2) is 24.3 Å². The Balaban J connectivity index is 1.66. The number of hydrogen-bond donors (Lipinski definition) is 5. The summed E-state index contributed by atoms with van der Waals surface area (Å²) >= 11 is 0. The Labute approximate surface area is 206 Å². The molecule has 1 aliphatic heterocycles. The number of aromatic hydroxyl groups is 2. The molecule has 10 heteroatoms. The topological polar surface area (TPSA) is 177 Å². The van der Waals surface area contributed by atoms with Gasteiger partial charge in [0.15, 0.2) is 23.6 Å². The average Bonchev–Trinajstić information content (AvgIpc) is 2.82. The summed E-state index contributed by atoms with van der Waals surface area (Å²) in [5, 5.41) is 43.8. The Morgan fingerprint density at radius 1 is 1.11 bits per heavy atom. The molecule has 2 aromatic rings. The van der Waals surface area contributed by atoms with Gasteiger partial charge < -0.3 is 35.6 Å². The molecular formula is C26H27NO9. The van der Waals surface area contributed by atoms with Crippen molar-refractivity contribution in [2.75, 3.05) is 0 Å². The van der Waals surface area contributed by atoms with E-state index in [1.807, 2.05) is 0 Å². The zero-order valence-corrected chi connectivity index (χ0v) is 19.7. The van der Waals surface area contributed by atoms with E-state index in [4.69, 9.17) is 15.2 Å². The largest absolute Gasteiger partial charge is 0.507 e. The number of Topliss-reactive ketones (excluding diaryl/α,β-unsaturated/α-hetero) is 1. The number of carbonyl (C=O) groups excluding carboxylic acids is 3. The predicted molar refractivity (Wildman–Crippen MR) is 124 cm³/mol. The summed E-state index contributed by atoms with van der Waals surface area (Å²) in [5.74, 6) is -3.06. The van der Waals surface area contributed by atoms with Crippen LogP contribution in [0.3, 0.4) is 0 Å². The third-order valence-electron chi connectivity index (χ3n) is 7.50. The summed E-state index contributed by atoms with van der Waals surface area (Å²) in [6.07, 6.45) is -4.38. The normalized spacial score (nSPS) is 31.4. The number of fused-ring (bicyclic) bond motifs is 3. The lowest BCUT2D eigenvalue weighted by atomic mass is 9.72. The summed E-state index contributed by atoms with van der Waals surface area (Å²) in [6.45, 7) is 2.80. The van der Waals surface area contributed by atoms with Crippen molar-refractivity contribution in [2.45, 2.75) is 69.4 Å². The van der Waals surface area contributed by atoms with Crippen molar-refractivity contribution in [2.24, 2.45) is 5.73 Å². The molecule has 1 heterocycles. The number of ketones is 3. The standard InChI is InChI=1S/C26H27NO9/c1-10-21(29)15(27)7-17(35-10)36-16-9-26(34,11(2)28)8-14-18(16)25(33)20-19(24(14)32)22(30)12-5-3-4-6-13(12)23(20)31/h3-6,10,15-17,21,29,32-34H,7-9,27H2,1-2H3/t10-,15+,16-,17-,21+,26+/m1/s1. The number of rotatable bonds is 3. The molecule has 36 heavy (non-hydrogen) atoms. The third-order valence-corrected chi connectivity index (χ3v) is 7.50. The molecule has 0 radical (unpaired) electrons. The Morgan fingerprint density at radius 2 is 1.69 bits per heavy atom. The minimum Gasteiger partial charge on any atom is -0.507 e. The number of phenols is 2. The van der Waals surface area contributed by atoms with Crippen LogP contribution in [0.2, 0.25) is 0 Å². The smallest absolute Gasteiger partial charge is 0.198 e. The minimum atomic E-state index is -1.97. The molecule has 1 saturated heterocycles. The van der Waals surface area contributed by atoms with Crippen molar-refractivity contribution < 1.29 is 44.3 Å². The third kappa shape index (κ3) is 3.56. The van der Waals surface area contributed by atoms with Crippen LogP contribution in [0.5, 0.6) is 11.5 Å². The van der Waals surface area contributed by atoms with Gasteiger partial charge in [-0.25, -0.2) is 0 Å². The highest BCUT2D eigenvalue weighted by atomic mass is 16.7. The van der Waals surface area contributed by atoms with Crippen LogP contribution in [-0.4, -0.2) is 67.9 Å². The molecule has 190 valence electrons. The number of hydrogen-bond acceptors (Lipinski definition) is 10. The minimum absolute atomic E-state index is 0.00588. The number of aliphatic hydroxyl groups is 2. The Morgan fingerprint density at radius 3 is 2.25 bits per heavy atom. The molecule has 2 aromatic carbocycles. The zero-order chi connectivity index (χ0) is 26.1. The number of nitrogens with two attached hydrogens (primary N) is 1. The molecular weight excluding hydrogens is 470 g/mol. The Bertz CT molecular complexity index is 1290. The van der Waals surface area contributed by atoms with Gasteiger partial charge in [-0.15, -0.1) is 0 Å². The van der Waals surface area contributed by atoms with Crippen LogP contribution in [0.4, 0.5) is 0 Å². The van der Waals surface area contributed by atoms with Crippen LogP contribution in [0, 0.1) is 0 Å². The second-order valence-electron chi connectivity index (χ2n) is 9.80. The van der Waals surface area contributed by atoms with Gasteiger partial charge in [0.2, 0.25) is 0 Å². The molecule has 3 aliphatic rings. The van der Waals surface area contributed by atoms with Crippen molar-refractivity contribution >= 4 is 17.3 Å². The molecule has 0 unspecified atom stereocenters. The quantitative estimate of drug-likeness (QED) is 0.328. The molecule has 0 saturated carbocycles. The van der Waals surface area contributed by atoms with Crippen molar-refractivity contribution in [3.05, 3.63) is 57.6 Å². The number of phenolic OH excluding ortho intramolecular Hbond substituents is 2. The lowest BCUT2D eigenvalue weighted by Gasteiger charge is -2.42. The Kier molecular flexibility index (Phi) is 5.77. The fraction of sp³-hybridized carbons (Fsp3) is 0.423. The van der Waals surface area contributed by atoms with E-state index in [0.717, 1.165) is 0 Å². The fourth-order valence-electron chi connectivity index (χ4n) is 5.42. The summed E-state index contributed by atoms with van der Waals surface area (Å²) in [7, 11) is 0. The molecule has 0 bridgehead atoms. The van der Waals surface area contributed by atoms with Gasteiger partial charge in [0.1, 0.15) is 17.1 Å². The highest BCUT2D eigenvalue weighted by Crippen LogP contribution is 2.51. The number of benzene rings is 2. The summed E-state index contributed by atoms with van der Waals surface area (Å²) in [4.78, 5) is 39.0. The number of ether oxygens (including phenoxy) is 2. The van der Waals surface area contributed by atoms with Crippen molar-refractivity contribution in [3.8, 4) is 11.5 Å². The van der Waals surface area contributed by atoms with Crippen LogP contribution in [-0.2, 0) is 20.7 Å². The van der Waals surface area contributed by atoms with E-state index in [1.54, 1.807) is 19.1 Å². The van der Waals surface area contributed by atoms with Gasteiger partial charge in [0, 0.05) is 47.6 Å². The van der Waals surface area contributed by atoms with Crippen molar-refractivity contribution in [1.29, 1.82) is 0 Å². The molecule has 0 spiro atoms. The first-order valence-corrected chi connectivity index (χ1v) is 11.7. The number of carbonyl (C=O) groups is 3. The lowest BCUT2D eigenvalue weighted by Crippen LogP contribution is -2.52. The maximum atomic E-state index is 13.3. The summed E-state index contributed by atoms with van der Waals surface area (Å²) in [6, 6.07) is 5.40. The van der Waals surface area contributed by atoms with Crippen LogP contribution in [0.25, 0.3) is 0 Å². The average molecular weight is 498 g/mol. The molecule has 10 nitrogen and oxygen atoms in total. The monoisotopic (exact) mass is 497 g/mol. The molecule has 0 amide bonds. The Hall–Kier alpha value is -3.15. The van der Waals surface area contributed by atoms with E-state index in [1.165, 1.54) is 19.1 Å². The van der Waals surface area contributed by atoms with E-state index in [2.05, 4.69) is 0 Å². The lowest BCUT2D eigenvalue weighted by molar-refractivity contribution is -0.247. The van der Waals surface area contributed by atoms with E-state index < -0.39 is 71.5 Å². The molecule has 1 fully saturated rings. The molecule has 6 N–H and O–H groups in total. The predicted octanol–water partition coefficient (Wildman–Crippen LogP) is 1.02. The maximum Gasteiger partial charge on any atom is 0.198 e. The van der Waals surface area contributed by atoms with E-state index in [-0.39, 0.29) is 46.2 Å². The van der Waals surface area contributed by atoms with Gasteiger partial charge in [0.25, 0.3) is 0 Å². The fourth-order valence-corrected chi connectivity index (χ4v) is 5.42. The van der Waals surface area contributed by atoms with Crippen molar-refractivity contribution in [1.82, 2.24) is 0 Å². The van der Waals surface area contributed by atoms with Crippen LogP contribution >= 0.6 is 0 Å². The molecule has 0 aromatic heterocycles. The van der Waals surface area contributed by atoms with E-state index in [9.17, 15) is 34.8 Å². The highest BCUT2D eigenvalue weighted by molar-refractivity contribution is 6.30. The summed E-state index contributed by atoms with van der Waals surface area (Å²) < 4.78 is 11.8. The second kappa shape index (κ2) is 8.46. The van der Waals surface area contributed by atoms with Gasteiger partial charge in [-0.05, 0) is 13.8 Å². The SMILES string of the molecule is CC(=O)[C@]1(O)Cc2c(O)c3c(c(O)c2[C@H](O[C@@H]2C[C@H](N)[C@@H](O)[C@@H](C)O2)C1)C(=O)c1ccccc1C3=O. The van der Waals surface area contributed by atoms with Gasteiger partial charge >= 0.3 is 0 Å². The highest BCUT2D eigenvalue weighted by Gasteiger charge is 2.49. The summed E-state index contributed by atoms with van der Waals surface area (Å²) in [5.41, 5.74) is 3.38. The first-order valence-electron chi connectivity index (χ1n) is 11.7. The molecule has 2 aliphatic carbocycles. The molecule has 5 rings (SSSR count). The van der Waals surface area contributed by atoms with Gasteiger partial charge in [0.05, 0.1) is 29.4 Å².